The van der Waals surface area contributed by atoms with Gasteiger partial charge in [0.2, 0.25) is 0 Å². The highest BCUT2D eigenvalue weighted by Gasteiger charge is 2.24. The van der Waals surface area contributed by atoms with Crippen LogP contribution in [0.5, 0.6) is 0 Å². The first-order chi connectivity index (χ1) is 7.88. The molecule has 0 N–H and O–H groups in total. The highest BCUT2D eigenvalue weighted by molar-refractivity contribution is 9.10. The lowest BCUT2D eigenvalue weighted by atomic mass is 10.1. The predicted molar refractivity (Wildman–Crippen MR) is 66.3 cm³/mol. The molecular weight excluding hydrogens is 315 g/mol. The van der Waals surface area contributed by atoms with Crippen molar-refractivity contribution in [1.29, 1.82) is 0 Å². The van der Waals surface area contributed by atoms with Gasteiger partial charge >= 0.3 is 0 Å². The van der Waals surface area contributed by atoms with Gasteiger partial charge < -0.3 is 4.90 Å². The van der Waals surface area contributed by atoms with Crippen LogP contribution in [0.2, 0.25) is 0 Å². The summed E-state index contributed by atoms with van der Waals surface area (Å²) in [7, 11) is 1.45. The molecule has 0 fully saturated rings. The summed E-state index contributed by atoms with van der Waals surface area (Å²) >= 11 is 8.54. The molecule has 1 unspecified atom stereocenters. The summed E-state index contributed by atoms with van der Waals surface area (Å²) in [5, 5.41) is 0. The minimum atomic E-state index is -0.893. The largest absolute Gasteiger partial charge is 0.338 e. The summed E-state index contributed by atoms with van der Waals surface area (Å²) in [5.74, 6) is -2.31. The van der Waals surface area contributed by atoms with Crippen LogP contribution < -0.4 is 0 Å². The standard InChI is InChI=1S/C11H11BrClF2NO/c1-6(5-13)16(2)11(17)10-8(14)3-7(12)4-9(10)15/h3-4,6H,5H2,1-2H3. The fraction of sp³-hybridized carbons (Fsp3) is 0.364. The lowest BCUT2D eigenvalue weighted by Gasteiger charge is -2.23. The SMILES string of the molecule is CC(CCl)N(C)C(=O)c1c(F)cc(Br)cc1F. The Kier molecular flexibility index (Phi) is 4.89. The molecule has 6 heteroatoms. The van der Waals surface area contributed by atoms with Crippen molar-refractivity contribution in [2.45, 2.75) is 13.0 Å². The highest BCUT2D eigenvalue weighted by atomic mass is 79.9. The summed E-state index contributed by atoms with van der Waals surface area (Å²) in [6.07, 6.45) is 0. The van der Waals surface area contributed by atoms with E-state index in [2.05, 4.69) is 15.9 Å². The van der Waals surface area contributed by atoms with E-state index in [1.165, 1.54) is 11.9 Å². The summed E-state index contributed by atoms with van der Waals surface area (Å²) in [6.45, 7) is 1.69. The van der Waals surface area contributed by atoms with Crippen molar-refractivity contribution >= 4 is 33.4 Å². The van der Waals surface area contributed by atoms with Crippen LogP contribution in [-0.2, 0) is 0 Å². The summed E-state index contributed by atoms with van der Waals surface area (Å²) in [5.41, 5.74) is -0.562. The number of amides is 1. The molecule has 0 saturated carbocycles. The van der Waals surface area contributed by atoms with Crippen molar-refractivity contribution in [3.8, 4) is 0 Å². The van der Waals surface area contributed by atoms with E-state index in [1.807, 2.05) is 0 Å². The van der Waals surface area contributed by atoms with Crippen LogP contribution in [0.15, 0.2) is 16.6 Å². The number of nitrogens with zero attached hydrogens (tertiary/aromatic N) is 1. The molecule has 0 saturated heterocycles. The van der Waals surface area contributed by atoms with Crippen LogP contribution in [-0.4, -0.2) is 29.8 Å². The number of benzene rings is 1. The third-order valence-electron chi connectivity index (χ3n) is 2.43. The van der Waals surface area contributed by atoms with E-state index in [4.69, 9.17) is 11.6 Å². The van der Waals surface area contributed by atoms with Crippen LogP contribution in [0, 0.1) is 11.6 Å². The topological polar surface area (TPSA) is 20.3 Å². The molecule has 17 heavy (non-hydrogen) atoms. The number of hydrogen-bond acceptors (Lipinski definition) is 1. The number of carbonyl (C=O) groups excluding carboxylic acids is 1. The number of alkyl halides is 1. The normalized spacial score (nSPS) is 12.4. The molecule has 0 radical (unpaired) electrons. The van der Waals surface area contributed by atoms with E-state index in [-0.39, 0.29) is 16.4 Å². The van der Waals surface area contributed by atoms with Crippen LogP contribution in [0.3, 0.4) is 0 Å². The maximum absolute atomic E-state index is 13.5. The summed E-state index contributed by atoms with van der Waals surface area (Å²) < 4.78 is 27.3. The smallest absolute Gasteiger partial charge is 0.259 e. The Morgan fingerprint density at radius 1 is 1.47 bits per heavy atom. The number of halogens is 4. The van der Waals surface area contributed by atoms with Gasteiger partial charge in [-0.25, -0.2) is 8.78 Å². The molecule has 1 rings (SSSR count). The maximum atomic E-state index is 13.5. The molecule has 1 aromatic carbocycles. The monoisotopic (exact) mass is 325 g/mol. The van der Waals surface area contributed by atoms with E-state index < -0.39 is 23.1 Å². The first-order valence-corrected chi connectivity index (χ1v) is 6.19. The molecule has 0 aromatic heterocycles. The van der Waals surface area contributed by atoms with Gasteiger partial charge in [-0.2, -0.15) is 0 Å². The lowest BCUT2D eigenvalue weighted by Crippen LogP contribution is -2.37. The number of rotatable bonds is 3. The Morgan fingerprint density at radius 2 is 1.94 bits per heavy atom. The summed E-state index contributed by atoms with van der Waals surface area (Å²) in [4.78, 5) is 13.1. The minimum absolute atomic E-state index is 0.196. The Labute approximate surface area is 112 Å². The molecule has 0 aliphatic carbocycles. The Bertz CT molecular complexity index is 418. The minimum Gasteiger partial charge on any atom is -0.338 e. The van der Waals surface area contributed by atoms with Crippen molar-refractivity contribution < 1.29 is 13.6 Å². The maximum Gasteiger partial charge on any atom is 0.259 e. The fourth-order valence-corrected chi connectivity index (χ4v) is 1.84. The molecule has 94 valence electrons. The van der Waals surface area contributed by atoms with Crippen molar-refractivity contribution in [3.05, 3.63) is 33.8 Å². The Hall–Kier alpha value is -0.680. The van der Waals surface area contributed by atoms with E-state index in [1.54, 1.807) is 6.92 Å². The second kappa shape index (κ2) is 5.78. The lowest BCUT2D eigenvalue weighted by molar-refractivity contribution is 0.0747. The van der Waals surface area contributed by atoms with Crippen LogP contribution >= 0.6 is 27.5 Å². The fourth-order valence-electron chi connectivity index (χ4n) is 1.23. The van der Waals surface area contributed by atoms with Gasteiger partial charge in [0.25, 0.3) is 5.91 Å². The molecule has 1 atom stereocenters. The molecular formula is C11H11BrClF2NO. The molecule has 0 bridgehead atoms. The molecule has 0 aliphatic rings. The highest BCUT2D eigenvalue weighted by Crippen LogP contribution is 2.21. The first kappa shape index (κ1) is 14.4. The third kappa shape index (κ3) is 3.16. The van der Waals surface area contributed by atoms with Gasteiger partial charge in [-0.15, -0.1) is 11.6 Å². The van der Waals surface area contributed by atoms with Gasteiger partial charge in [0.05, 0.1) is 0 Å². The molecule has 0 heterocycles. The second-order valence-electron chi connectivity index (χ2n) is 3.66. The zero-order valence-corrected chi connectivity index (χ0v) is 11.6. The molecule has 0 spiro atoms. The second-order valence-corrected chi connectivity index (χ2v) is 4.89. The Balaban J connectivity index is 3.13. The number of hydrogen-bond donors (Lipinski definition) is 0. The van der Waals surface area contributed by atoms with Crippen LogP contribution in [0.1, 0.15) is 17.3 Å². The average Bonchev–Trinajstić information content (AvgIpc) is 2.25. The van der Waals surface area contributed by atoms with Gasteiger partial charge in [0, 0.05) is 23.4 Å². The van der Waals surface area contributed by atoms with Gasteiger partial charge in [-0.1, -0.05) is 15.9 Å². The van der Waals surface area contributed by atoms with Crippen LogP contribution in [0.4, 0.5) is 8.78 Å². The van der Waals surface area contributed by atoms with E-state index >= 15 is 0 Å². The van der Waals surface area contributed by atoms with Gasteiger partial charge in [-0.05, 0) is 19.1 Å². The predicted octanol–water partition coefficient (Wildman–Crippen LogP) is 3.43. The van der Waals surface area contributed by atoms with E-state index in [0.717, 1.165) is 12.1 Å². The van der Waals surface area contributed by atoms with Crippen LogP contribution in [0.25, 0.3) is 0 Å². The zero-order chi connectivity index (χ0) is 13.2. The van der Waals surface area contributed by atoms with Crippen molar-refractivity contribution in [3.63, 3.8) is 0 Å². The van der Waals surface area contributed by atoms with Gasteiger partial charge in [0.1, 0.15) is 17.2 Å². The zero-order valence-electron chi connectivity index (χ0n) is 9.31. The van der Waals surface area contributed by atoms with E-state index in [0.29, 0.717) is 0 Å². The quantitative estimate of drug-likeness (QED) is 0.779. The third-order valence-corrected chi connectivity index (χ3v) is 3.33. The molecule has 2 nitrogen and oxygen atoms in total. The van der Waals surface area contributed by atoms with Crippen molar-refractivity contribution in [2.75, 3.05) is 12.9 Å². The average molecular weight is 327 g/mol. The van der Waals surface area contributed by atoms with Crippen molar-refractivity contribution in [2.24, 2.45) is 0 Å². The molecule has 1 aromatic rings. The van der Waals surface area contributed by atoms with Gasteiger partial charge in [0.15, 0.2) is 0 Å². The summed E-state index contributed by atoms with van der Waals surface area (Å²) in [6, 6.07) is 1.80. The molecule has 1 amide bonds. The molecule has 0 aliphatic heterocycles. The van der Waals surface area contributed by atoms with Crippen molar-refractivity contribution in [1.82, 2.24) is 4.90 Å². The number of carbonyl (C=O) groups is 1. The van der Waals surface area contributed by atoms with E-state index in [9.17, 15) is 13.6 Å². The Morgan fingerprint density at radius 3 is 2.35 bits per heavy atom. The first-order valence-electron chi connectivity index (χ1n) is 4.86. The van der Waals surface area contributed by atoms with Gasteiger partial charge in [-0.3, -0.25) is 4.79 Å².